The van der Waals surface area contributed by atoms with E-state index in [-0.39, 0.29) is 21.6 Å². The second-order valence-electron chi connectivity index (χ2n) is 5.61. The molecule has 0 aliphatic heterocycles. The number of carboxylic acid groups (broad SMARTS) is 1. The summed E-state index contributed by atoms with van der Waals surface area (Å²) in [5.74, 6) is -1.14. The highest BCUT2D eigenvalue weighted by Crippen LogP contribution is 2.39. The second kappa shape index (κ2) is 6.21. The predicted molar refractivity (Wildman–Crippen MR) is 84.0 cm³/mol. The molecule has 0 aromatic carbocycles. The Bertz CT molecular complexity index is 883. The van der Waals surface area contributed by atoms with Gasteiger partial charge in [0.05, 0.1) is 11.4 Å². The normalized spacial score (nSPS) is 14.3. The Morgan fingerprint density at radius 2 is 2.30 bits per heavy atom. The number of carbonyl (C=O) groups is 1. The fraction of sp³-hybridized carbons (Fsp3) is 0.467. The van der Waals surface area contributed by atoms with Crippen LogP contribution >= 0.6 is 12.2 Å². The lowest BCUT2D eigenvalue weighted by Crippen LogP contribution is -2.27. The number of rotatable bonds is 6. The SMILES string of the molecule is COCCCn1c(=S)[nH]c(=O)c2c(C(=O)[O-])cc(C3CC3)nc21. The molecular formula is C15H16N3O4S-. The van der Waals surface area contributed by atoms with Crippen LogP contribution in [0.3, 0.4) is 0 Å². The third kappa shape index (κ3) is 3.04. The van der Waals surface area contributed by atoms with Crippen LogP contribution < -0.4 is 10.7 Å². The summed E-state index contributed by atoms with van der Waals surface area (Å²) >= 11 is 5.21. The van der Waals surface area contributed by atoms with Crippen molar-refractivity contribution in [1.29, 1.82) is 0 Å². The van der Waals surface area contributed by atoms with E-state index in [2.05, 4.69) is 9.97 Å². The van der Waals surface area contributed by atoms with Gasteiger partial charge in [-0.15, -0.1) is 0 Å². The molecule has 1 saturated carbocycles. The summed E-state index contributed by atoms with van der Waals surface area (Å²) in [6.45, 7) is 1.01. The minimum Gasteiger partial charge on any atom is -0.545 e. The molecule has 122 valence electrons. The van der Waals surface area contributed by atoms with E-state index >= 15 is 0 Å². The minimum absolute atomic E-state index is 0.0143. The van der Waals surface area contributed by atoms with Crippen molar-refractivity contribution in [2.75, 3.05) is 13.7 Å². The number of ether oxygens (including phenoxy) is 1. The van der Waals surface area contributed by atoms with Crippen LogP contribution in [-0.2, 0) is 11.3 Å². The second-order valence-corrected chi connectivity index (χ2v) is 6.00. The quantitative estimate of drug-likeness (QED) is 0.617. The first-order valence-corrected chi connectivity index (χ1v) is 7.81. The van der Waals surface area contributed by atoms with Crippen LogP contribution in [0.1, 0.15) is 41.2 Å². The Balaban J connectivity index is 2.27. The average Bonchev–Trinajstić information content (AvgIpc) is 3.34. The highest BCUT2D eigenvalue weighted by molar-refractivity contribution is 7.71. The number of hydrogen-bond donors (Lipinski definition) is 1. The molecule has 1 fully saturated rings. The maximum atomic E-state index is 12.2. The number of methoxy groups -OCH3 is 1. The third-order valence-corrected chi connectivity index (χ3v) is 4.24. The summed E-state index contributed by atoms with van der Waals surface area (Å²) in [7, 11) is 1.60. The van der Waals surface area contributed by atoms with Crippen molar-refractivity contribution in [3.8, 4) is 0 Å². The number of hydrogen-bond acceptors (Lipinski definition) is 6. The number of carboxylic acids is 1. The first-order chi connectivity index (χ1) is 11.0. The number of aromatic amines is 1. The molecule has 0 atom stereocenters. The summed E-state index contributed by atoms with van der Waals surface area (Å²) in [5.41, 5.74) is 0.298. The highest BCUT2D eigenvalue weighted by Gasteiger charge is 2.27. The molecule has 0 amide bonds. The maximum Gasteiger partial charge on any atom is 0.261 e. The summed E-state index contributed by atoms with van der Waals surface area (Å²) in [6.07, 6.45) is 2.61. The lowest BCUT2D eigenvalue weighted by molar-refractivity contribution is -0.254. The topological polar surface area (TPSA) is 100 Å². The molecule has 0 radical (unpaired) electrons. The van der Waals surface area contributed by atoms with Crippen molar-refractivity contribution in [3.05, 3.63) is 32.4 Å². The molecule has 2 aromatic rings. The molecule has 0 saturated heterocycles. The van der Waals surface area contributed by atoms with Gasteiger partial charge in [-0.2, -0.15) is 0 Å². The molecule has 2 heterocycles. The smallest absolute Gasteiger partial charge is 0.261 e. The maximum absolute atomic E-state index is 12.2. The van der Waals surface area contributed by atoms with E-state index in [9.17, 15) is 14.7 Å². The zero-order valence-electron chi connectivity index (χ0n) is 12.6. The van der Waals surface area contributed by atoms with Gasteiger partial charge in [0, 0.05) is 37.4 Å². The van der Waals surface area contributed by atoms with Gasteiger partial charge in [-0.25, -0.2) is 4.98 Å². The van der Waals surface area contributed by atoms with Crippen LogP contribution in [0.2, 0.25) is 0 Å². The standard InChI is InChI=1S/C15H17N3O4S/c1-22-6-2-5-18-12-11(13(19)17-15(18)23)9(14(20)21)7-10(16-12)8-3-4-8/h7-8H,2-6H2,1H3,(H,20,21)(H,17,19,23)/p-1. The highest BCUT2D eigenvalue weighted by atomic mass is 32.1. The summed E-state index contributed by atoms with van der Waals surface area (Å²) < 4.78 is 6.91. The van der Waals surface area contributed by atoms with E-state index in [4.69, 9.17) is 17.0 Å². The number of carbonyl (C=O) groups excluding carboxylic acids is 1. The van der Waals surface area contributed by atoms with Gasteiger partial charge in [-0.3, -0.25) is 9.78 Å². The molecule has 7 nitrogen and oxygen atoms in total. The number of aromatic nitrogens is 3. The predicted octanol–water partition coefficient (Wildman–Crippen LogP) is 0.731. The molecule has 1 aliphatic rings. The van der Waals surface area contributed by atoms with Gasteiger partial charge in [-0.1, -0.05) is 0 Å². The molecule has 0 spiro atoms. The van der Waals surface area contributed by atoms with Crippen LogP contribution in [0.5, 0.6) is 0 Å². The average molecular weight is 334 g/mol. The fourth-order valence-corrected chi connectivity index (χ4v) is 2.89. The first-order valence-electron chi connectivity index (χ1n) is 7.41. The number of aromatic carboxylic acids is 1. The van der Waals surface area contributed by atoms with E-state index < -0.39 is 11.5 Å². The van der Waals surface area contributed by atoms with Crippen molar-refractivity contribution in [2.24, 2.45) is 0 Å². The number of H-pyrrole nitrogens is 1. The Morgan fingerprint density at radius 3 is 2.91 bits per heavy atom. The van der Waals surface area contributed by atoms with E-state index in [1.165, 1.54) is 6.07 Å². The third-order valence-electron chi connectivity index (χ3n) is 3.91. The molecule has 0 unspecified atom stereocenters. The summed E-state index contributed by atoms with van der Waals surface area (Å²) in [4.78, 5) is 30.7. The largest absolute Gasteiger partial charge is 0.545 e. The number of pyridine rings is 1. The molecule has 1 aliphatic carbocycles. The van der Waals surface area contributed by atoms with Gasteiger partial charge < -0.3 is 19.2 Å². The van der Waals surface area contributed by atoms with Crippen molar-refractivity contribution >= 4 is 29.2 Å². The molecule has 8 heteroatoms. The van der Waals surface area contributed by atoms with Crippen LogP contribution in [-0.4, -0.2) is 34.2 Å². The lowest BCUT2D eigenvalue weighted by atomic mass is 10.1. The van der Waals surface area contributed by atoms with Crippen LogP contribution in [0.4, 0.5) is 0 Å². The van der Waals surface area contributed by atoms with Gasteiger partial charge in [0.25, 0.3) is 5.56 Å². The Labute approximate surface area is 136 Å². The molecule has 2 aromatic heterocycles. The number of nitrogens with zero attached hydrogens (tertiary/aromatic N) is 2. The van der Waals surface area contributed by atoms with E-state index in [0.717, 1.165) is 12.8 Å². The van der Waals surface area contributed by atoms with Gasteiger partial charge in [0.2, 0.25) is 0 Å². The van der Waals surface area contributed by atoms with Gasteiger partial charge >= 0.3 is 0 Å². The van der Waals surface area contributed by atoms with Gasteiger partial charge in [0.1, 0.15) is 5.65 Å². The van der Waals surface area contributed by atoms with E-state index in [1.54, 1.807) is 11.7 Å². The summed E-state index contributed by atoms with van der Waals surface area (Å²) in [5, 5.41) is 11.5. The van der Waals surface area contributed by atoms with Crippen LogP contribution in [0.15, 0.2) is 10.9 Å². The summed E-state index contributed by atoms with van der Waals surface area (Å²) in [6, 6.07) is 1.45. The number of nitrogens with one attached hydrogen (secondary N) is 1. The number of fused-ring (bicyclic) bond motifs is 1. The van der Waals surface area contributed by atoms with Gasteiger partial charge in [-0.05, 0) is 37.5 Å². The zero-order chi connectivity index (χ0) is 16.6. The lowest BCUT2D eigenvalue weighted by Gasteiger charge is -2.14. The Morgan fingerprint density at radius 1 is 1.57 bits per heavy atom. The minimum atomic E-state index is -1.38. The van der Waals surface area contributed by atoms with E-state index in [0.29, 0.717) is 30.9 Å². The monoisotopic (exact) mass is 334 g/mol. The van der Waals surface area contributed by atoms with Crippen LogP contribution in [0, 0.1) is 4.77 Å². The first kappa shape index (κ1) is 15.8. The Kier molecular flexibility index (Phi) is 4.27. The van der Waals surface area contributed by atoms with Crippen molar-refractivity contribution in [2.45, 2.75) is 31.7 Å². The Hall–Kier alpha value is -2.06. The van der Waals surface area contributed by atoms with E-state index in [1.807, 2.05) is 0 Å². The zero-order valence-corrected chi connectivity index (χ0v) is 13.4. The number of aryl methyl sites for hydroxylation is 1. The van der Waals surface area contributed by atoms with Crippen LogP contribution in [0.25, 0.3) is 11.0 Å². The molecular weight excluding hydrogens is 318 g/mol. The van der Waals surface area contributed by atoms with Gasteiger partial charge in [0.15, 0.2) is 4.77 Å². The molecule has 0 bridgehead atoms. The molecule has 3 rings (SSSR count). The molecule has 1 N–H and O–H groups in total. The molecule has 23 heavy (non-hydrogen) atoms. The van der Waals surface area contributed by atoms with Crippen molar-refractivity contribution in [3.63, 3.8) is 0 Å². The fourth-order valence-electron chi connectivity index (χ4n) is 2.62. The van der Waals surface area contributed by atoms with Crippen molar-refractivity contribution < 1.29 is 14.6 Å². The van der Waals surface area contributed by atoms with Crippen molar-refractivity contribution in [1.82, 2.24) is 14.5 Å².